The van der Waals surface area contributed by atoms with Crippen LogP contribution in [-0.4, -0.2) is 22.4 Å². The van der Waals surface area contributed by atoms with Gasteiger partial charge in [0.25, 0.3) is 0 Å². The maximum atomic E-state index is 12.1. The van der Waals surface area contributed by atoms with Crippen LogP contribution in [0.4, 0.5) is 0 Å². The highest BCUT2D eigenvalue weighted by Gasteiger charge is 2.09. The summed E-state index contributed by atoms with van der Waals surface area (Å²) in [6.45, 7) is 2.88. The van der Waals surface area contributed by atoms with Gasteiger partial charge in [-0.3, -0.25) is 4.79 Å². The lowest BCUT2D eigenvalue weighted by Gasteiger charge is -2.06. The summed E-state index contributed by atoms with van der Waals surface area (Å²) in [6.07, 6.45) is 7.85. The summed E-state index contributed by atoms with van der Waals surface area (Å²) in [7, 11) is 0. The molecule has 4 heteroatoms. The molecule has 0 atom stereocenters. The highest BCUT2D eigenvalue weighted by atomic mass is 16.5. The zero-order valence-corrected chi connectivity index (χ0v) is 11.6. The van der Waals surface area contributed by atoms with Crippen molar-refractivity contribution in [2.75, 3.05) is 6.61 Å². The van der Waals surface area contributed by atoms with E-state index < -0.39 is 0 Å². The van der Waals surface area contributed by atoms with Gasteiger partial charge >= 0.3 is 0 Å². The predicted octanol–water partition coefficient (Wildman–Crippen LogP) is 3.28. The molecule has 0 aliphatic rings. The van der Waals surface area contributed by atoms with Crippen molar-refractivity contribution in [3.8, 4) is 5.75 Å². The number of ether oxygens (including phenoxy) is 1. The summed E-state index contributed by atoms with van der Waals surface area (Å²) in [5.41, 5.74) is 1.10. The molecule has 104 valence electrons. The predicted molar refractivity (Wildman–Crippen MR) is 76.9 cm³/mol. The van der Waals surface area contributed by atoms with Gasteiger partial charge in [0, 0.05) is 18.0 Å². The van der Waals surface area contributed by atoms with E-state index in [0.29, 0.717) is 17.7 Å². The molecule has 0 fully saturated rings. The fraction of sp³-hybridized carbons (Fsp3) is 0.312. The van der Waals surface area contributed by atoms with Crippen LogP contribution < -0.4 is 4.74 Å². The standard InChI is InChI=1S/C16H18N2O2/c1-2-3-4-9-20-15-7-5-13(6-8-15)16(19)14-10-17-12-18-11-14/h5-8,10-12H,2-4,9H2,1H3. The molecule has 1 aromatic heterocycles. The summed E-state index contributed by atoms with van der Waals surface area (Å²) in [5, 5.41) is 0. The van der Waals surface area contributed by atoms with Gasteiger partial charge in [-0.05, 0) is 30.7 Å². The number of carbonyl (C=O) groups is 1. The molecule has 0 aliphatic carbocycles. The maximum absolute atomic E-state index is 12.1. The van der Waals surface area contributed by atoms with Crippen LogP contribution in [0.3, 0.4) is 0 Å². The van der Waals surface area contributed by atoms with Gasteiger partial charge in [-0.1, -0.05) is 19.8 Å². The molecule has 0 saturated heterocycles. The summed E-state index contributed by atoms with van der Waals surface area (Å²) in [6, 6.07) is 7.18. The second kappa shape index (κ2) is 7.38. The normalized spacial score (nSPS) is 10.2. The molecular weight excluding hydrogens is 252 g/mol. The molecular formula is C16H18N2O2. The number of hydrogen-bond acceptors (Lipinski definition) is 4. The van der Waals surface area contributed by atoms with Crippen LogP contribution in [-0.2, 0) is 0 Å². The van der Waals surface area contributed by atoms with Gasteiger partial charge in [0.1, 0.15) is 12.1 Å². The van der Waals surface area contributed by atoms with Gasteiger partial charge in [0.15, 0.2) is 5.78 Å². The first-order chi connectivity index (χ1) is 9.81. The Morgan fingerprint density at radius 1 is 1.05 bits per heavy atom. The van der Waals surface area contributed by atoms with Crippen LogP contribution in [0, 0.1) is 0 Å². The van der Waals surface area contributed by atoms with Crippen molar-refractivity contribution < 1.29 is 9.53 Å². The molecule has 0 bridgehead atoms. The Hall–Kier alpha value is -2.23. The summed E-state index contributed by atoms with van der Waals surface area (Å²) < 4.78 is 5.61. The van der Waals surface area contributed by atoms with E-state index in [1.807, 2.05) is 12.1 Å². The van der Waals surface area contributed by atoms with Crippen molar-refractivity contribution in [1.29, 1.82) is 0 Å². The highest BCUT2D eigenvalue weighted by Crippen LogP contribution is 2.15. The molecule has 2 rings (SSSR count). The topological polar surface area (TPSA) is 52.1 Å². The van der Waals surface area contributed by atoms with Crippen LogP contribution in [0.1, 0.15) is 42.1 Å². The van der Waals surface area contributed by atoms with E-state index in [-0.39, 0.29) is 5.78 Å². The van der Waals surface area contributed by atoms with E-state index in [1.165, 1.54) is 31.6 Å². The molecule has 4 nitrogen and oxygen atoms in total. The zero-order chi connectivity index (χ0) is 14.2. The number of nitrogens with zero attached hydrogens (tertiary/aromatic N) is 2. The van der Waals surface area contributed by atoms with Crippen molar-refractivity contribution in [3.63, 3.8) is 0 Å². The van der Waals surface area contributed by atoms with Crippen molar-refractivity contribution in [2.24, 2.45) is 0 Å². The molecule has 0 amide bonds. The van der Waals surface area contributed by atoms with E-state index in [4.69, 9.17) is 4.74 Å². The first-order valence-electron chi connectivity index (χ1n) is 6.84. The van der Waals surface area contributed by atoms with Crippen LogP contribution >= 0.6 is 0 Å². The summed E-state index contributed by atoms with van der Waals surface area (Å²) >= 11 is 0. The van der Waals surface area contributed by atoms with Crippen LogP contribution in [0.5, 0.6) is 5.75 Å². The molecule has 1 heterocycles. The third-order valence-electron chi connectivity index (χ3n) is 2.96. The Morgan fingerprint density at radius 2 is 1.75 bits per heavy atom. The van der Waals surface area contributed by atoms with E-state index >= 15 is 0 Å². The SMILES string of the molecule is CCCCCOc1ccc(C(=O)c2cncnc2)cc1. The van der Waals surface area contributed by atoms with Crippen molar-refractivity contribution in [2.45, 2.75) is 26.2 Å². The third-order valence-corrected chi connectivity index (χ3v) is 2.96. The fourth-order valence-electron chi connectivity index (χ4n) is 1.83. The lowest BCUT2D eigenvalue weighted by Crippen LogP contribution is -2.03. The summed E-state index contributed by atoms with van der Waals surface area (Å²) in [5.74, 6) is 0.713. The van der Waals surface area contributed by atoms with Gasteiger partial charge in [-0.2, -0.15) is 0 Å². The van der Waals surface area contributed by atoms with E-state index in [0.717, 1.165) is 12.2 Å². The number of aromatic nitrogens is 2. The summed E-state index contributed by atoms with van der Waals surface area (Å²) in [4.78, 5) is 19.8. The van der Waals surface area contributed by atoms with Gasteiger partial charge in [0.2, 0.25) is 0 Å². The fourth-order valence-corrected chi connectivity index (χ4v) is 1.83. The maximum Gasteiger partial charge on any atom is 0.196 e. The smallest absolute Gasteiger partial charge is 0.196 e. The molecule has 2 aromatic rings. The molecule has 20 heavy (non-hydrogen) atoms. The molecule has 1 aromatic carbocycles. The first-order valence-corrected chi connectivity index (χ1v) is 6.84. The largest absolute Gasteiger partial charge is 0.494 e. The average Bonchev–Trinajstić information content (AvgIpc) is 2.52. The number of hydrogen-bond donors (Lipinski definition) is 0. The Bertz CT molecular complexity index is 538. The molecule has 0 unspecified atom stereocenters. The number of unbranched alkanes of at least 4 members (excludes halogenated alkanes) is 2. The second-order valence-electron chi connectivity index (χ2n) is 4.54. The Morgan fingerprint density at radius 3 is 2.40 bits per heavy atom. The zero-order valence-electron chi connectivity index (χ0n) is 11.6. The average molecular weight is 270 g/mol. The Labute approximate surface area is 118 Å². The molecule has 0 radical (unpaired) electrons. The number of benzene rings is 1. The highest BCUT2D eigenvalue weighted by molar-refractivity contribution is 6.08. The quantitative estimate of drug-likeness (QED) is 0.572. The van der Waals surface area contributed by atoms with Gasteiger partial charge in [0.05, 0.1) is 12.2 Å². The van der Waals surface area contributed by atoms with Crippen LogP contribution in [0.15, 0.2) is 43.0 Å². The van der Waals surface area contributed by atoms with Gasteiger partial charge in [-0.15, -0.1) is 0 Å². The van der Waals surface area contributed by atoms with Crippen molar-refractivity contribution in [3.05, 3.63) is 54.1 Å². The Balaban J connectivity index is 1.96. The van der Waals surface area contributed by atoms with Gasteiger partial charge < -0.3 is 4.74 Å². The monoisotopic (exact) mass is 270 g/mol. The van der Waals surface area contributed by atoms with E-state index in [1.54, 1.807) is 12.1 Å². The van der Waals surface area contributed by atoms with Crippen molar-refractivity contribution in [1.82, 2.24) is 9.97 Å². The number of rotatable bonds is 7. The third kappa shape index (κ3) is 3.88. The second-order valence-corrected chi connectivity index (χ2v) is 4.54. The van der Waals surface area contributed by atoms with Gasteiger partial charge in [-0.25, -0.2) is 9.97 Å². The minimum atomic E-state index is -0.0804. The minimum absolute atomic E-state index is 0.0804. The number of ketones is 1. The van der Waals surface area contributed by atoms with Crippen LogP contribution in [0.2, 0.25) is 0 Å². The molecule has 0 N–H and O–H groups in total. The minimum Gasteiger partial charge on any atom is -0.494 e. The Kier molecular flexibility index (Phi) is 5.24. The van der Waals surface area contributed by atoms with E-state index in [9.17, 15) is 4.79 Å². The lowest BCUT2D eigenvalue weighted by molar-refractivity contribution is 0.103. The number of carbonyl (C=O) groups excluding carboxylic acids is 1. The first kappa shape index (κ1) is 14.2. The van der Waals surface area contributed by atoms with E-state index in [2.05, 4.69) is 16.9 Å². The lowest BCUT2D eigenvalue weighted by atomic mass is 10.1. The van der Waals surface area contributed by atoms with Crippen LogP contribution in [0.25, 0.3) is 0 Å². The molecule has 0 aliphatic heterocycles. The van der Waals surface area contributed by atoms with Crippen molar-refractivity contribution >= 4 is 5.78 Å². The molecule has 0 spiro atoms. The molecule has 0 saturated carbocycles.